The Morgan fingerprint density at radius 2 is 1.46 bits per heavy atom. The first-order valence-electron chi connectivity index (χ1n) is 7.48. The number of pyridine rings is 1. The van der Waals surface area contributed by atoms with Crippen molar-refractivity contribution in [2.45, 2.75) is 0 Å². The zero-order valence-electron chi connectivity index (χ0n) is 12.6. The van der Waals surface area contributed by atoms with Crippen molar-refractivity contribution in [3.63, 3.8) is 0 Å². The fourth-order valence-electron chi connectivity index (χ4n) is 2.66. The van der Waals surface area contributed by atoms with Crippen LogP contribution < -0.4 is 5.43 Å². The summed E-state index contributed by atoms with van der Waals surface area (Å²) in [4.78, 5) is 16.2. The van der Waals surface area contributed by atoms with Crippen LogP contribution in [0.2, 0.25) is 0 Å². The van der Waals surface area contributed by atoms with Crippen LogP contribution in [0, 0.1) is 0 Å². The maximum atomic E-state index is 12.2. The predicted molar refractivity (Wildman–Crippen MR) is 92.8 cm³/mol. The van der Waals surface area contributed by atoms with Crippen molar-refractivity contribution in [2.24, 2.45) is 0 Å². The van der Waals surface area contributed by atoms with Crippen LogP contribution in [0.1, 0.15) is 0 Å². The van der Waals surface area contributed by atoms with Gasteiger partial charge in [0.15, 0.2) is 5.43 Å². The molecule has 0 aliphatic heterocycles. The second kappa shape index (κ2) is 5.66. The summed E-state index contributed by atoms with van der Waals surface area (Å²) in [5.74, 6) is 0.545. The molecule has 0 saturated carbocycles. The van der Waals surface area contributed by atoms with Gasteiger partial charge in [-0.05, 0) is 41.5 Å². The van der Waals surface area contributed by atoms with Gasteiger partial charge in [-0.25, -0.2) is 0 Å². The quantitative estimate of drug-likeness (QED) is 0.601. The van der Waals surface area contributed by atoms with Crippen molar-refractivity contribution in [3.05, 3.63) is 83.3 Å². The number of hydrogen-bond acceptors (Lipinski definition) is 4. The smallest absolute Gasteiger partial charge is 0.193 e. The maximum Gasteiger partial charge on any atom is 0.193 e. The van der Waals surface area contributed by atoms with Crippen LogP contribution in [-0.4, -0.2) is 10.1 Å². The normalized spacial score (nSPS) is 10.8. The molecule has 0 bridgehead atoms. The Balaban J connectivity index is 1.78. The van der Waals surface area contributed by atoms with Gasteiger partial charge in [-0.2, -0.15) is 0 Å². The lowest BCUT2D eigenvalue weighted by atomic mass is 10.0. The minimum atomic E-state index is -0.180. The average Bonchev–Trinajstić information content (AvgIpc) is 2.63. The average molecular weight is 315 g/mol. The highest BCUT2D eigenvalue weighted by Crippen LogP contribution is 2.26. The van der Waals surface area contributed by atoms with Crippen LogP contribution in [0.15, 0.2) is 82.3 Å². The van der Waals surface area contributed by atoms with Crippen molar-refractivity contribution in [1.82, 2.24) is 4.98 Å². The molecule has 4 heteroatoms. The van der Waals surface area contributed by atoms with E-state index in [-0.39, 0.29) is 11.2 Å². The van der Waals surface area contributed by atoms with E-state index >= 15 is 0 Å². The van der Waals surface area contributed by atoms with Crippen LogP contribution in [0.25, 0.3) is 33.4 Å². The van der Waals surface area contributed by atoms with E-state index in [1.54, 1.807) is 18.5 Å². The topological polar surface area (TPSA) is 63.3 Å². The van der Waals surface area contributed by atoms with Crippen molar-refractivity contribution in [1.29, 1.82) is 0 Å². The van der Waals surface area contributed by atoms with Crippen molar-refractivity contribution < 1.29 is 9.52 Å². The van der Waals surface area contributed by atoms with Crippen molar-refractivity contribution >= 4 is 11.0 Å². The second-order valence-electron chi connectivity index (χ2n) is 5.47. The van der Waals surface area contributed by atoms with Gasteiger partial charge in [0.1, 0.15) is 17.1 Å². The van der Waals surface area contributed by atoms with Gasteiger partial charge in [0.2, 0.25) is 0 Å². The summed E-state index contributed by atoms with van der Waals surface area (Å²) < 4.78 is 5.81. The van der Waals surface area contributed by atoms with E-state index in [0.717, 1.165) is 16.7 Å². The third-order valence-corrected chi connectivity index (χ3v) is 3.89. The number of phenolic OH excluding ortho intramolecular Hbond substituents is 1. The number of nitrogens with zero attached hydrogens (tertiary/aromatic N) is 1. The van der Waals surface area contributed by atoms with Crippen LogP contribution in [0.4, 0.5) is 0 Å². The molecule has 4 rings (SSSR count). The van der Waals surface area contributed by atoms with Gasteiger partial charge in [-0.15, -0.1) is 0 Å². The monoisotopic (exact) mass is 315 g/mol. The van der Waals surface area contributed by atoms with E-state index in [1.165, 1.54) is 18.2 Å². The molecule has 2 aromatic heterocycles. The largest absolute Gasteiger partial charge is 0.508 e. The summed E-state index contributed by atoms with van der Waals surface area (Å²) >= 11 is 0. The molecule has 0 spiro atoms. The van der Waals surface area contributed by atoms with Gasteiger partial charge >= 0.3 is 0 Å². The minimum Gasteiger partial charge on any atom is -0.508 e. The Labute approximate surface area is 137 Å². The Morgan fingerprint density at radius 1 is 0.792 bits per heavy atom. The number of aromatic nitrogens is 1. The van der Waals surface area contributed by atoms with E-state index in [4.69, 9.17) is 4.42 Å². The van der Waals surface area contributed by atoms with Gasteiger partial charge in [0, 0.05) is 24.0 Å². The Morgan fingerprint density at radius 3 is 2.21 bits per heavy atom. The molecule has 0 amide bonds. The van der Waals surface area contributed by atoms with Gasteiger partial charge < -0.3 is 9.52 Å². The lowest BCUT2D eigenvalue weighted by molar-refractivity contribution is 0.475. The Kier molecular flexibility index (Phi) is 3.35. The molecule has 24 heavy (non-hydrogen) atoms. The Bertz CT molecular complexity index is 1070. The third-order valence-electron chi connectivity index (χ3n) is 3.89. The van der Waals surface area contributed by atoms with E-state index in [0.29, 0.717) is 16.7 Å². The Hall–Kier alpha value is -3.40. The fourth-order valence-corrected chi connectivity index (χ4v) is 2.66. The van der Waals surface area contributed by atoms with Crippen LogP contribution in [0.3, 0.4) is 0 Å². The van der Waals surface area contributed by atoms with Crippen LogP contribution >= 0.6 is 0 Å². The van der Waals surface area contributed by atoms with E-state index < -0.39 is 0 Å². The zero-order valence-corrected chi connectivity index (χ0v) is 12.6. The van der Waals surface area contributed by atoms with Gasteiger partial charge in [-0.3, -0.25) is 9.78 Å². The molecule has 4 aromatic rings. The molecule has 0 aliphatic carbocycles. The van der Waals surface area contributed by atoms with E-state index in [2.05, 4.69) is 4.98 Å². The molecule has 0 unspecified atom stereocenters. The van der Waals surface area contributed by atoms with Crippen LogP contribution in [0.5, 0.6) is 5.75 Å². The molecule has 0 aliphatic rings. The SMILES string of the molecule is O=c1cc(-c2ccc(-c3ccncc3)cc2)oc2ccc(O)cc12. The predicted octanol–water partition coefficient (Wildman–Crippen LogP) is 4.23. The number of aromatic hydroxyl groups is 1. The number of hydrogen-bond donors (Lipinski definition) is 1. The lowest BCUT2D eigenvalue weighted by Gasteiger charge is -2.05. The number of benzene rings is 2. The summed E-state index contributed by atoms with van der Waals surface area (Å²) in [7, 11) is 0. The third kappa shape index (κ3) is 2.54. The molecular formula is C20H13NO3. The number of fused-ring (bicyclic) bond motifs is 1. The van der Waals surface area contributed by atoms with Crippen molar-refractivity contribution in [3.8, 4) is 28.2 Å². The van der Waals surface area contributed by atoms with Gasteiger partial charge in [0.25, 0.3) is 0 Å². The first-order chi connectivity index (χ1) is 11.7. The molecule has 2 heterocycles. The van der Waals surface area contributed by atoms with E-state index in [1.807, 2.05) is 36.4 Å². The fraction of sp³-hybridized carbons (Fsp3) is 0. The zero-order chi connectivity index (χ0) is 16.5. The van der Waals surface area contributed by atoms with Gasteiger partial charge in [-0.1, -0.05) is 24.3 Å². The molecule has 116 valence electrons. The second-order valence-corrected chi connectivity index (χ2v) is 5.47. The minimum absolute atomic E-state index is 0.0456. The first-order valence-corrected chi connectivity index (χ1v) is 7.48. The summed E-state index contributed by atoms with van der Waals surface area (Å²) in [6.07, 6.45) is 3.50. The molecular weight excluding hydrogens is 302 g/mol. The van der Waals surface area contributed by atoms with E-state index in [9.17, 15) is 9.90 Å². The number of rotatable bonds is 2. The number of phenols is 1. The molecule has 0 fully saturated rings. The van der Waals surface area contributed by atoms with Crippen LogP contribution in [-0.2, 0) is 0 Å². The molecule has 1 N–H and O–H groups in total. The molecule has 0 saturated heterocycles. The summed E-state index contributed by atoms with van der Waals surface area (Å²) in [6, 6.07) is 17.6. The summed E-state index contributed by atoms with van der Waals surface area (Å²) in [5.41, 5.74) is 3.23. The highest BCUT2D eigenvalue weighted by molar-refractivity contribution is 5.80. The highest BCUT2D eigenvalue weighted by Gasteiger charge is 2.08. The summed E-state index contributed by atoms with van der Waals surface area (Å²) in [5, 5.41) is 9.86. The molecule has 2 aromatic carbocycles. The molecule has 0 atom stereocenters. The van der Waals surface area contributed by atoms with Crippen molar-refractivity contribution in [2.75, 3.05) is 0 Å². The molecule has 4 nitrogen and oxygen atoms in total. The molecule has 0 radical (unpaired) electrons. The maximum absolute atomic E-state index is 12.2. The van der Waals surface area contributed by atoms with Gasteiger partial charge in [0.05, 0.1) is 5.39 Å². The standard InChI is InChI=1S/C20H13NO3/c22-16-5-6-19-17(11-16)18(23)12-20(24-19)15-3-1-13(2-4-15)14-7-9-21-10-8-14/h1-12,22H. The summed E-state index contributed by atoms with van der Waals surface area (Å²) in [6.45, 7) is 0. The lowest BCUT2D eigenvalue weighted by Crippen LogP contribution is -2.00. The highest BCUT2D eigenvalue weighted by atomic mass is 16.3. The first kappa shape index (κ1) is 14.2.